The van der Waals surface area contributed by atoms with E-state index in [-0.39, 0.29) is 24.9 Å². The molecule has 0 fully saturated rings. The number of carbonyl (C=O) groups is 2. The third kappa shape index (κ3) is 7.95. The summed E-state index contributed by atoms with van der Waals surface area (Å²) < 4.78 is 30.8. The van der Waals surface area contributed by atoms with Crippen LogP contribution in [0.15, 0.2) is 78.9 Å². The molecule has 0 saturated heterocycles. The smallest absolute Gasteiger partial charge is 0.237 e. The van der Waals surface area contributed by atoms with Crippen LogP contribution in [-0.2, 0) is 22.6 Å². The summed E-state index contributed by atoms with van der Waals surface area (Å²) in [7, 11) is 0. The second-order valence-corrected chi connectivity index (χ2v) is 12.3. The minimum absolute atomic E-state index is 0.0115. The maximum absolute atomic E-state index is 14.9. The lowest BCUT2D eigenvalue weighted by Crippen LogP contribution is -2.44. The number of primary amides is 1. The van der Waals surface area contributed by atoms with Gasteiger partial charge in [-0.1, -0.05) is 35.3 Å². The summed E-state index contributed by atoms with van der Waals surface area (Å²) in [6.07, 6.45) is -0.00581. The Morgan fingerprint density at radius 1 is 0.938 bits per heavy atom. The molecule has 0 aliphatic carbocycles. The largest absolute Gasteiger partial charge is 0.372 e. The third-order valence-electron chi connectivity index (χ3n) is 8.26. The van der Waals surface area contributed by atoms with Gasteiger partial charge in [-0.15, -0.1) is 0 Å². The Balaban J connectivity index is 1.51. The molecule has 0 spiro atoms. The van der Waals surface area contributed by atoms with Gasteiger partial charge >= 0.3 is 0 Å². The van der Waals surface area contributed by atoms with E-state index < -0.39 is 35.5 Å². The molecule has 2 amide bonds. The minimum atomic E-state index is -0.951. The van der Waals surface area contributed by atoms with E-state index in [4.69, 9.17) is 39.7 Å². The van der Waals surface area contributed by atoms with Crippen LogP contribution in [-0.4, -0.2) is 40.5 Å². The molecule has 1 unspecified atom stereocenters. The molecule has 5 N–H and O–H groups in total. The number of aromatic nitrogens is 2. The number of fused-ring (bicyclic) bond motifs is 1. The van der Waals surface area contributed by atoms with Crippen molar-refractivity contribution in [2.24, 2.45) is 11.5 Å². The quantitative estimate of drug-likeness (QED) is 0.126. The van der Waals surface area contributed by atoms with Crippen LogP contribution in [0, 0.1) is 11.6 Å². The fourth-order valence-electron chi connectivity index (χ4n) is 5.73. The summed E-state index contributed by atoms with van der Waals surface area (Å²) in [6, 6.07) is 19.8. The summed E-state index contributed by atoms with van der Waals surface area (Å²) in [5, 5.41) is 3.59. The van der Waals surface area contributed by atoms with Crippen LogP contribution in [0.1, 0.15) is 43.0 Å². The highest BCUT2D eigenvalue weighted by Crippen LogP contribution is 2.31. The van der Waals surface area contributed by atoms with Gasteiger partial charge in [-0.3, -0.25) is 9.59 Å². The first kappa shape index (κ1) is 34.8. The number of carbonyl (C=O) groups excluding carboxylic acids is 2. The fourth-order valence-corrected chi connectivity index (χ4v) is 6.05. The van der Waals surface area contributed by atoms with E-state index in [0.717, 1.165) is 42.0 Å². The van der Waals surface area contributed by atoms with Crippen molar-refractivity contribution in [1.82, 2.24) is 14.9 Å². The summed E-state index contributed by atoms with van der Waals surface area (Å²) in [5.41, 5.74) is 16.3. The number of nitrogens with one attached hydrogen (secondary N) is 1. The Hall–Kier alpha value is -4.51. The Kier molecular flexibility index (Phi) is 11.0. The molecule has 12 heteroatoms. The van der Waals surface area contributed by atoms with E-state index in [1.54, 1.807) is 36.4 Å². The second-order valence-electron chi connectivity index (χ2n) is 11.5. The van der Waals surface area contributed by atoms with Crippen LogP contribution in [0.3, 0.4) is 0 Å². The summed E-state index contributed by atoms with van der Waals surface area (Å²) in [5.74, 6) is -1.67. The van der Waals surface area contributed by atoms with Gasteiger partial charge in [-0.05, 0) is 98.1 Å². The van der Waals surface area contributed by atoms with Crippen molar-refractivity contribution in [3.05, 3.63) is 117 Å². The number of imidazole rings is 1. The molecule has 5 rings (SSSR count). The molecule has 0 aliphatic heterocycles. The van der Waals surface area contributed by atoms with E-state index in [1.807, 2.05) is 28.8 Å². The van der Waals surface area contributed by atoms with Crippen molar-refractivity contribution in [3.8, 4) is 11.4 Å². The molecule has 0 saturated carbocycles. The predicted molar refractivity (Wildman–Crippen MR) is 187 cm³/mol. The highest BCUT2D eigenvalue weighted by molar-refractivity contribution is 6.42. The molecule has 1 heterocycles. The first-order valence-electron chi connectivity index (χ1n) is 15.5. The molecule has 5 aromatic rings. The first-order chi connectivity index (χ1) is 23.0. The molecular formula is C36H36Cl2F2N6O2. The zero-order valence-corrected chi connectivity index (χ0v) is 28.0. The van der Waals surface area contributed by atoms with E-state index in [9.17, 15) is 18.4 Å². The third-order valence-corrected chi connectivity index (χ3v) is 9.00. The van der Waals surface area contributed by atoms with Crippen LogP contribution >= 0.6 is 23.2 Å². The molecule has 8 nitrogen and oxygen atoms in total. The predicted octanol–water partition coefficient (Wildman–Crippen LogP) is 6.79. The van der Waals surface area contributed by atoms with E-state index in [1.165, 1.54) is 6.07 Å². The highest BCUT2D eigenvalue weighted by atomic mass is 35.5. The number of nitrogens with zero attached hydrogens (tertiary/aromatic N) is 3. The molecule has 4 aromatic carbocycles. The van der Waals surface area contributed by atoms with E-state index in [0.29, 0.717) is 32.5 Å². The zero-order chi connectivity index (χ0) is 34.5. The minimum Gasteiger partial charge on any atom is -0.372 e. The normalized spacial score (nSPS) is 12.6. The topological polar surface area (TPSA) is 119 Å². The summed E-state index contributed by atoms with van der Waals surface area (Å²) in [6.45, 7) is 5.87. The van der Waals surface area contributed by atoms with Gasteiger partial charge in [0.05, 0.1) is 46.1 Å². The van der Waals surface area contributed by atoms with Crippen LogP contribution < -0.4 is 21.7 Å². The van der Waals surface area contributed by atoms with Crippen LogP contribution in [0.25, 0.3) is 22.4 Å². The Bertz CT molecular complexity index is 1950. The van der Waals surface area contributed by atoms with Crippen LogP contribution in [0.5, 0.6) is 0 Å². The molecule has 0 aliphatic rings. The lowest BCUT2D eigenvalue weighted by atomic mass is 10.0. The van der Waals surface area contributed by atoms with Crippen LogP contribution in [0.2, 0.25) is 10.0 Å². The van der Waals surface area contributed by atoms with Crippen molar-refractivity contribution < 1.29 is 18.4 Å². The average molecular weight is 694 g/mol. The fraction of sp³-hybridized carbons (Fsp3) is 0.250. The number of halogens is 4. The molecule has 48 heavy (non-hydrogen) atoms. The van der Waals surface area contributed by atoms with Gasteiger partial charge in [0.15, 0.2) is 0 Å². The molecule has 1 aromatic heterocycles. The first-order valence-corrected chi connectivity index (χ1v) is 16.3. The molecule has 0 radical (unpaired) electrons. The van der Waals surface area contributed by atoms with Crippen molar-refractivity contribution >= 4 is 51.7 Å². The summed E-state index contributed by atoms with van der Waals surface area (Å²) >= 11 is 12.1. The number of hydrogen-bond acceptors (Lipinski definition) is 5. The number of rotatable bonds is 13. The Morgan fingerprint density at radius 2 is 1.67 bits per heavy atom. The lowest BCUT2D eigenvalue weighted by molar-refractivity contribution is -0.123. The van der Waals surface area contributed by atoms with Crippen molar-refractivity contribution in [3.63, 3.8) is 0 Å². The van der Waals surface area contributed by atoms with Crippen molar-refractivity contribution in [1.29, 1.82) is 0 Å². The SMILES string of the molecule is CCN(CC)c1ccc(-c2nc3cc(C(CC(N)=O)NC(=O)[C@@H](N)Cc4ccc(Cl)c(Cl)c4)ccc3n2Cc2cc(F)ccc2F)cc1. The van der Waals surface area contributed by atoms with E-state index >= 15 is 0 Å². The number of benzene rings is 4. The molecule has 2 atom stereocenters. The Labute approximate surface area is 287 Å². The van der Waals surface area contributed by atoms with Crippen LogP contribution in [0.4, 0.5) is 14.5 Å². The summed E-state index contributed by atoms with van der Waals surface area (Å²) in [4.78, 5) is 32.4. The maximum atomic E-state index is 14.9. The Morgan fingerprint density at radius 3 is 2.33 bits per heavy atom. The number of hydrogen-bond donors (Lipinski definition) is 3. The van der Waals surface area contributed by atoms with Crippen molar-refractivity contribution in [2.75, 3.05) is 18.0 Å². The molecular weight excluding hydrogens is 657 g/mol. The lowest BCUT2D eigenvalue weighted by Gasteiger charge is -2.21. The van der Waals surface area contributed by atoms with Crippen molar-refractivity contribution in [2.45, 2.75) is 45.3 Å². The number of anilines is 1. The van der Waals surface area contributed by atoms with Gasteiger partial charge in [0.2, 0.25) is 11.8 Å². The van der Waals surface area contributed by atoms with Gasteiger partial charge in [0.25, 0.3) is 0 Å². The number of amides is 2. The van der Waals surface area contributed by atoms with Gasteiger partial charge in [-0.2, -0.15) is 0 Å². The van der Waals surface area contributed by atoms with Gasteiger partial charge in [0, 0.05) is 29.9 Å². The molecule has 0 bridgehead atoms. The maximum Gasteiger partial charge on any atom is 0.237 e. The zero-order valence-electron chi connectivity index (χ0n) is 26.5. The average Bonchev–Trinajstić information content (AvgIpc) is 3.42. The van der Waals surface area contributed by atoms with Gasteiger partial charge < -0.3 is 26.3 Å². The second kappa shape index (κ2) is 15.1. The highest BCUT2D eigenvalue weighted by Gasteiger charge is 2.24. The van der Waals surface area contributed by atoms with E-state index in [2.05, 4.69) is 24.1 Å². The molecule has 250 valence electrons. The monoisotopic (exact) mass is 692 g/mol. The number of nitrogens with two attached hydrogens (primary N) is 2. The standard InChI is InChI=1S/C36H36Cl2F2N6O2/c1-3-45(4-2)26-10-6-22(7-11-26)35-43-32-18-23(8-14-33(32)46(35)20-24-17-25(39)9-13-29(24)40)31(19-34(42)47)44-36(48)30(41)16-21-5-12-27(37)28(38)15-21/h5-15,17-18,30-31H,3-4,16,19-20,41H2,1-2H3,(H2,42,47)(H,44,48)/t30-,31?/m0/s1. The van der Waals surface area contributed by atoms with Gasteiger partial charge in [0.1, 0.15) is 17.5 Å². The van der Waals surface area contributed by atoms with Gasteiger partial charge in [-0.25, -0.2) is 13.8 Å².